The van der Waals surface area contributed by atoms with E-state index >= 15 is 0 Å². The zero-order chi connectivity index (χ0) is 23.4. The number of fused-ring (bicyclic) bond motifs is 2. The number of amides is 2. The third-order valence-electron chi connectivity index (χ3n) is 6.21. The average Bonchev–Trinajstić information content (AvgIpc) is 3.20. The van der Waals surface area contributed by atoms with Crippen LogP contribution in [0.25, 0.3) is 0 Å². The van der Waals surface area contributed by atoms with E-state index in [1.807, 2.05) is 54.3 Å². The van der Waals surface area contributed by atoms with Gasteiger partial charge in [-0.05, 0) is 56.7 Å². The second-order valence-electron chi connectivity index (χ2n) is 9.30. The maximum Gasteiger partial charge on any atom is 0.268 e. The number of nitrogens with zero attached hydrogens (tertiary/aromatic N) is 2. The van der Waals surface area contributed by atoms with Gasteiger partial charge in [-0.1, -0.05) is 59.6 Å². The van der Waals surface area contributed by atoms with Crippen molar-refractivity contribution >= 4 is 40.9 Å². The Labute approximate surface area is 203 Å². The van der Waals surface area contributed by atoms with Gasteiger partial charge in [0.1, 0.15) is 0 Å². The van der Waals surface area contributed by atoms with Crippen molar-refractivity contribution in [1.82, 2.24) is 4.90 Å². The molecule has 33 heavy (non-hydrogen) atoms. The molecule has 1 atom stereocenters. The summed E-state index contributed by atoms with van der Waals surface area (Å²) in [6.07, 6.45) is 0. The normalized spacial score (nSPS) is 21.0. The highest BCUT2D eigenvalue weighted by atomic mass is 35.5. The van der Waals surface area contributed by atoms with Crippen LogP contribution in [0.1, 0.15) is 40.9 Å². The van der Waals surface area contributed by atoms with Gasteiger partial charge in [0.05, 0.1) is 12.2 Å². The highest BCUT2D eigenvalue weighted by molar-refractivity contribution is 8.02. The Bertz CT molecular complexity index is 1240. The summed E-state index contributed by atoms with van der Waals surface area (Å²) >= 11 is 7.63. The summed E-state index contributed by atoms with van der Waals surface area (Å²) in [5.41, 5.74) is 4.40. The van der Waals surface area contributed by atoms with E-state index in [1.165, 1.54) is 0 Å². The first-order chi connectivity index (χ1) is 15.7. The van der Waals surface area contributed by atoms with Gasteiger partial charge in [0.15, 0.2) is 4.87 Å². The molecule has 3 aromatic carbocycles. The lowest BCUT2D eigenvalue weighted by Crippen LogP contribution is -2.50. The van der Waals surface area contributed by atoms with Gasteiger partial charge in [-0.25, -0.2) is 0 Å². The van der Waals surface area contributed by atoms with Crippen molar-refractivity contribution in [2.75, 3.05) is 11.4 Å². The second-order valence-corrected chi connectivity index (χ2v) is 11.6. The van der Waals surface area contributed by atoms with Gasteiger partial charge in [0, 0.05) is 27.4 Å². The van der Waals surface area contributed by atoms with Crippen molar-refractivity contribution in [1.29, 1.82) is 0 Å². The molecule has 0 radical (unpaired) electrons. The quantitative estimate of drug-likeness (QED) is 0.464. The van der Waals surface area contributed by atoms with Crippen LogP contribution in [0.5, 0.6) is 0 Å². The Kier molecular flexibility index (Phi) is 5.30. The first kappa shape index (κ1) is 22.1. The molecule has 4 nitrogen and oxygen atoms in total. The molecule has 2 heterocycles. The second kappa shape index (κ2) is 7.93. The van der Waals surface area contributed by atoms with E-state index in [0.29, 0.717) is 23.7 Å². The van der Waals surface area contributed by atoms with Gasteiger partial charge >= 0.3 is 0 Å². The number of aryl methyl sites for hydroxylation is 1. The maximum atomic E-state index is 14.3. The third-order valence-corrected chi connectivity index (χ3v) is 8.05. The average molecular weight is 477 g/mol. The molecule has 2 amide bonds. The smallest absolute Gasteiger partial charge is 0.268 e. The molecule has 2 aliphatic rings. The van der Waals surface area contributed by atoms with E-state index in [0.717, 1.165) is 22.4 Å². The van der Waals surface area contributed by atoms with Crippen molar-refractivity contribution in [2.45, 2.75) is 36.9 Å². The Balaban J connectivity index is 1.65. The molecule has 1 spiro atoms. The third kappa shape index (κ3) is 3.64. The zero-order valence-corrected chi connectivity index (χ0v) is 20.4. The summed E-state index contributed by atoms with van der Waals surface area (Å²) in [5.74, 6) is -0.225. The van der Waals surface area contributed by atoms with Crippen LogP contribution in [-0.4, -0.2) is 28.0 Å². The molecule has 1 fully saturated rings. The molecule has 3 aromatic rings. The number of carbonyl (C=O) groups excluding carboxylic acids is 2. The van der Waals surface area contributed by atoms with Crippen LogP contribution in [0.4, 0.5) is 5.69 Å². The van der Waals surface area contributed by atoms with Gasteiger partial charge in [-0.3, -0.25) is 9.59 Å². The van der Waals surface area contributed by atoms with Gasteiger partial charge < -0.3 is 9.80 Å². The van der Waals surface area contributed by atoms with Crippen molar-refractivity contribution in [2.24, 2.45) is 0 Å². The van der Waals surface area contributed by atoms with E-state index in [9.17, 15) is 9.59 Å². The topological polar surface area (TPSA) is 40.6 Å². The summed E-state index contributed by atoms with van der Waals surface area (Å²) in [6.45, 7) is 7.14. The van der Waals surface area contributed by atoms with Crippen LogP contribution in [0.3, 0.4) is 0 Å². The maximum absolute atomic E-state index is 14.3. The van der Waals surface area contributed by atoms with Crippen LogP contribution in [0.2, 0.25) is 5.02 Å². The van der Waals surface area contributed by atoms with Gasteiger partial charge in [0.2, 0.25) is 0 Å². The SMILES string of the molecule is Cc1ccc2c(c1)[C@@]1(SC(C)(C)CN1C(=O)c1ccc(Cl)cc1)C(=O)N2Cc1ccccc1. The number of thioether (sulfide) groups is 1. The van der Waals surface area contributed by atoms with E-state index in [4.69, 9.17) is 11.6 Å². The zero-order valence-electron chi connectivity index (χ0n) is 18.8. The summed E-state index contributed by atoms with van der Waals surface area (Å²) in [7, 11) is 0. The predicted octanol–water partition coefficient (Wildman–Crippen LogP) is 6.02. The monoisotopic (exact) mass is 476 g/mol. The molecule has 2 aliphatic heterocycles. The number of carbonyl (C=O) groups is 2. The Hall–Kier alpha value is -2.76. The first-order valence-electron chi connectivity index (χ1n) is 11.0. The molecular weight excluding hydrogens is 452 g/mol. The van der Waals surface area contributed by atoms with Crippen LogP contribution in [0.15, 0.2) is 72.8 Å². The van der Waals surface area contributed by atoms with Gasteiger partial charge in [0.25, 0.3) is 11.8 Å². The minimum Gasteiger partial charge on any atom is -0.310 e. The molecule has 0 aliphatic carbocycles. The molecule has 0 unspecified atom stereocenters. The molecule has 168 valence electrons. The molecule has 0 bridgehead atoms. The van der Waals surface area contributed by atoms with Crippen LogP contribution >= 0.6 is 23.4 Å². The summed E-state index contributed by atoms with van der Waals surface area (Å²) < 4.78 is -0.290. The van der Waals surface area contributed by atoms with Crippen LogP contribution in [-0.2, 0) is 16.2 Å². The van der Waals surface area contributed by atoms with E-state index in [-0.39, 0.29) is 16.6 Å². The fourth-order valence-electron chi connectivity index (χ4n) is 4.79. The molecule has 1 saturated heterocycles. The van der Waals surface area contributed by atoms with Crippen molar-refractivity contribution in [3.63, 3.8) is 0 Å². The summed E-state index contributed by atoms with van der Waals surface area (Å²) in [6, 6.07) is 23.0. The Morgan fingerprint density at radius 3 is 2.42 bits per heavy atom. The molecule has 0 saturated carbocycles. The van der Waals surface area contributed by atoms with Crippen LogP contribution < -0.4 is 4.90 Å². The lowest BCUT2D eigenvalue weighted by atomic mass is 10.0. The lowest BCUT2D eigenvalue weighted by molar-refractivity contribution is -0.123. The van der Waals surface area contributed by atoms with E-state index in [2.05, 4.69) is 19.9 Å². The minimum absolute atomic E-state index is 0.0650. The predicted molar refractivity (Wildman–Crippen MR) is 135 cm³/mol. The lowest BCUT2D eigenvalue weighted by Gasteiger charge is -2.33. The fraction of sp³-hybridized carbons (Fsp3) is 0.259. The highest BCUT2D eigenvalue weighted by Gasteiger charge is 2.63. The summed E-state index contributed by atoms with van der Waals surface area (Å²) in [5, 5.41) is 0.573. The number of anilines is 1. The summed E-state index contributed by atoms with van der Waals surface area (Å²) in [4.78, 5) is 30.6. The largest absolute Gasteiger partial charge is 0.310 e. The Morgan fingerprint density at radius 1 is 1.03 bits per heavy atom. The molecule has 0 N–H and O–H groups in total. The fourth-order valence-corrected chi connectivity index (χ4v) is 6.64. The minimum atomic E-state index is -1.10. The number of halogens is 1. The number of hydrogen-bond donors (Lipinski definition) is 0. The van der Waals surface area contributed by atoms with Crippen molar-refractivity contribution < 1.29 is 9.59 Å². The highest BCUT2D eigenvalue weighted by Crippen LogP contribution is 2.60. The van der Waals surface area contributed by atoms with E-state index < -0.39 is 4.87 Å². The van der Waals surface area contributed by atoms with Crippen molar-refractivity contribution in [3.8, 4) is 0 Å². The number of rotatable bonds is 3. The van der Waals surface area contributed by atoms with Gasteiger partial charge in [-0.2, -0.15) is 0 Å². The van der Waals surface area contributed by atoms with Gasteiger partial charge in [-0.15, -0.1) is 11.8 Å². The molecule has 5 rings (SSSR count). The van der Waals surface area contributed by atoms with E-state index in [1.54, 1.807) is 40.9 Å². The standard InChI is InChI=1S/C27H25ClN2O2S/c1-18-9-14-23-22(15-18)27(25(32)29(23)16-19-7-5-4-6-8-19)30(17-26(2,3)33-27)24(31)20-10-12-21(28)13-11-20/h4-15H,16-17H2,1-3H3/t27-/m1/s1. The first-order valence-corrected chi connectivity index (χ1v) is 12.2. The number of benzene rings is 3. The van der Waals surface area contributed by atoms with Crippen LogP contribution in [0, 0.1) is 6.92 Å². The van der Waals surface area contributed by atoms with Crippen molar-refractivity contribution in [3.05, 3.63) is 100 Å². The molecule has 0 aromatic heterocycles. The Morgan fingerprint density at radius 2 is 1.73 bits per heavy atom. The molecular formula is C27H25ClN2O2S. The molecule has 6 heteroatoms. The number of hydrogen-bond acceptors (Lipinski definition) is 3.